The van der Waals surface area contributed by atoms with E-state index >= 15 is 0 Å². The van der Waals surface area contributed by atoms with Gasteiger partial charge in [0, 0.05) is 23.8 Å². The summed E-state index contributed by atoms with van der Waals surface area (Å²) >= 11 is 0. The highest BCUT2D eigenvalue weighted by molar-refractivity contribution is 5.74. The average Bonchev–Trinajstić information content (AvgIpc) is 2.96. The van der Waals surface area contributed by atoms with Crippen molar-refractivity contribution in [1.29, 1.82) is 5.26 Å². The minimum atomic E-state index is -0.697. The first-order valence-corrected chi connectivity index (χ1v) is 13.0. The number of nitrogens with two attached hydrogens (primary N) is 1. The molecule has 1 unspecified atom stereocenters. The molecule has 1 aliphatic rings. The Morgan fingerprint density at radius 3 is 2.46 bits per heavy atom. The van der Waals surface area contributed by atoms with Crippen molar-refractivity contribution in [2.75, 3.05) is 19.8 Å². The molecule has 1 aliphatic heterocycles. The van der Waals surface area contributed by atoms with Gasteiger partial charge >= 0.3 is 5.97 Å². The summed E-state index contributed by atoms with van der Waals surface area (Å²) in [6.45, 7) is 4.54. The molecule has 2 N–H and O–H groups in total. The molecule has 1 heterocycles. The highest BCUT2D eigenvalue weighted by Gasteiger charge is 2.32. The van der Waals surface area contributed by atoms with Gasteiger partial charge in [-0.1, -0.05) is 25.5 Å². The molecule has 0 amide bonds. The van der Waals surface area contributed by atoms with Crippen LogP contribution >= 0.6 is 0 Å². The number of nitro benzene ring substituents is 1. The minimum absolute atomic E-state index is 0.0591. The lowest BCUT2D eigenvalue weighted by atomic mass is 9.83. The molecule has 0 aliphatic carbocycles. The number of nitro groups is 1. The third kappa shape index (κ3) is 6.86. The van der Waals surface area contributed by atoms with E-state index in [1.165, 1.54) is 30.3 Å². The Bertz CT molecular complexity index is 1490. The van der Waals surface area contributed by atoms with E-state index in [9.17, 15) is 20.2 Å². The summed E-state index contributed by atoms with van der Waals surface area (Å²) < 4.78 is 28.2. The molecule has 0 saturated heterocycles. The second kappa shape index (κ2) is 13.2. The first kappa shape index (κ1) is 28.8. The van der Waals surface area contributed by atoms with Crippen molar-refractivity contribution >= 4 is 11.7 Å². The molecule has 0 bridgehead atoms. The molecule has 4 rings (SSSR count). The van der Waals surface area contributed by atoms with Gasteiger partial charge in [-0.15, -0.1) is 0 Å². The van der Waals surface area contributed by atoms with Crippen LogP contribution in [0.25, 0.3) is 0 Å². The van der Waals surface area contributed by atoms with Crippen LogP contribution < -0.4 is 29.4 Å². The van der Waals surface area contributed by atoms with Gasteiger partial charge in [0.25, 0.3) is 5.69 Å². The van der Waals surface area contributed by atoms with Crippen molar-refractivity contribution in [3.8, 4) is 34.8 Å². The standard InChI is InChI=1S/C30H29N3O8/c1-3-5-14-38-25-13-6-19(15-27(25)37-4-2)29-23-12-11-22(16-26(23)41-30(32)24(29)17-31)40-28(34)18-39-21-9-7-20(8-10-21)33(35)36/h6-13,15-16,29H,3-5,14,18,32H2,1-2H3. The second-order valence-corrected chi connectivity index (χ2v) is 8.98. The normalized spacial score (nSPS) is 13.8. The summed E-state index contributed by atoms with van der Waals surface area (Å²) in [5, 5.41) is 20.7. The Labute approximate surface area is 236 Å². The van der Waals surface area contributed by atoms with Crippen LogP contribution in [0.5, 0.6) is 28.7 Å². The number of unbranched alkanes of at least 4 members (excludes halogenated alkanes) is 1. The molecule has 11 heteroatoms. The molecule has 0 fully saturated rings. The van der Waals surface area contributed by atoms with E-state index in [0.29, 0.717) is 36.0 Å². The SMILES string of the molecule is CCCCOc1ccc(C2C(C#N)=C(N)Oc3cc(OC(=O)COc4ccc([N+](=O)[O-])cc4)ccc32)cc1OCC. The predicted molar refractivity (Wildman–Crippen MR) is 148 cm³/mol. The summed E-state index contributed by atoms with van der Waals surface area (Å²) in [5.41, 5.74) is 7.69. The van der Waals surface area contributed by atoms with Gasteiger partial charge in [-0.3, -0.25) is 10.1 Å². The van der Waals surface area contributed by atoms with Crippen molar-refractivity contribution in [2.45, 2.75) is 32.6 Å². The smallest absolute Gasteiger partial charge is 0.349 e. The van der Waals surface area contributed by atoms with Crippen molar-refractivity contribution in [2.24, 2.45) is 5.73 Å². The predicted octanol–water partition coefficient (Wildman–Crippen LogP) is 5.37. The maximum atomic E-state index is 12.4. The van der Waals surface area contributed by atoms with Crippen LogP contribution in [0.1, 0.15) is 43.7 Å². The van der Waals surface area contributed by atoms with Crippen LogP contribution in [0, 0.1) is 21.4 Å². The summed E-state index contributed by atoms with van der Waals surface area (Å²) in [5.74, 6) is 0.654. The van der Waals surface area contributed by atoms with E-state index in [4.69, 9.17) is 29.4 Å². The molecule has 0 saturated carbocycles. The van der Waals surface area contributed by atoms with Gasteiger partial charge in [-0.05, 0) is 49.2 Å². The van der Waals surface area contributed by atoms with Crippen LogP contribution in [-0.4, -0.2) is 30.7 Å². The Hall–Kier alpha value is -5.24. The third-order valence-electron chi connectivity index (χ3n) is 6.18. The highest BCUT2D eigenvalue weighted by atomic mass is 16.6. The molecule has 11 nitrogen and oxygen atoms in total. The van der Waals surface area contributed by atoms with Crippen LogP contribution in [-0.2, 0) is 4.79 Å². The number of hydrogen-bond donors (Lipinski definition) is 1. The molecular formula is C30H29N3O8. The first-order valence-electron chi connectivity index (χ1n) is 13.0. The van der Waals surface area contributed by atoms with E-state index in [0.717, 1.165) is 18.4 Å². The van der Waals surface area contributed by atoms with Gasteiger partial charge in [0.15, 0.2) is 18.1 Å². The minimum Gasteiger partial charge on any atom is -0.490 e. The number of non-ortho nitro benzene ring substituents is 1. The van der Waals surface area contributed by atoms with Gasteiger partial charge in [0.1, 0.15) is 28.9 Å². The lowest BCUT2D eigenvalue weighted by Gasteiger charge is -2.27. The topological polar surface area (TPSA) is 156 Å². The number of fused-ring (bicyclic) bond motifs is 1. The summed E-state index contributed by atoms with van der Waals surface area (Å²) in [7, 11) is 0. The van der Waals surface area contributed by atoms with Crippen LogP contribution in [0.4, 0.5) is 5.69 Å². The highest BCUT2D eigenvalue weighted by Crippen LogP contribution is 2.45. The fraction of sp³-hybridized carbons (Fsp3) is 0.267. The van der Waals surface area contributed by atoms with E-state index < -0.39 is 23.4 Å². The van der Waals surface area contributed by atoms with Crippen molar-refractivity contribution < 1.29 is 33.4 Å². The van der Waals surface area contributed by atoms with Crippen molar-refractivity contribution in [1.82, 2.24) is 0 Å². The quantitative estimate of drug-likeness (QED) is 0.101. The van der Waals surface area contributed by atoms with Gasteiger partial charge in [0.2, 0.25) is 5.88 Å². The molecule has 212 valence electrons. The molecule has 3 aromatic carbocycles. The van der Waals surface area contributed by atoms with E-state index in [2.05, 4.69) is 13.0 Å². The van der Waals surface area contributed by atoms with Gasteiger partial charge in [-0.25, -0.2) is 4.79 Å². The molecule has 0 radical (unpaired) electrons. The molecule has 0 spiro atoms. The number of benzene rings is 3. The number of esters is 1. The fourth-order valence-corrected chi connectivity index (χ4v) is 4.23. The van der Waals surface area contributed by atoms with Gasteiger partial charge in [-0.2, -0.15) is 5.26 Å². The lowest BCUT2D eigenvalue weighted by molar-refractivity contribution is -0.384. The zero-order valence-corrected chi connectivity index (χ0v) is 22.6. The molecule has 3 aromatic rings. The van der Waals surface area contributed by atoms with Crippen LogP contribution in [0.3, 0.4) is 0 Å². The molecule has 41 heavy (non-hydrogen) atoms. The van der Waals surface area contributed by atoms with Crippen molar-refractivity contribution in [3.05, 3.63) is 93.4 Å². The zero-order valence-electron chi connectivity index (χ0n) is 22.6. The number of hydrogen-bond acceptors (Lipinski definition) is 10. The van der Waals surface area contributed by atoms with E-state index in [1.807, 2.05) is 25.1 Å². The van der Waals surface area contributed by atoms with E-state index in [-0.39, 0.29) is 28.6 Å². The van der Waals surface area contributed by atoms with Gasteiger partial charge < -0.3 is 29.4 Å². The molecule has 0 aromatic heterocycles. The van der Waals surface area contributed by atoms with Crippen molar-refractivity contribution in [3.63, 3.8) is 0 Å². The second-order valence-electron chi connectivity index (χ2n) is 8.98. The summed E-state index contributed by atoms with van der Waals surface area (Å²) in [6.07, 6.45) is 1.91. The number of nitrogens with zero attached hydrogens (tertiary/aromatic N) is 2. The average molecular weight is 560 g/mol. The Morgan fingerprint density at radius 2 is 1.78 bits per heavy atom. The van der Waals surface area contributed by atoms with Gasteiger partial charge in [0.05, 0.1) is 24.1 Å². The number of rotatable bonds is 12. The van der Waals surface area contributed by atoms with E-state index in [1.54, 1.807) is 12.1 Å². The fourth-order valence-electron chi connectivity index (χ4n) is 4.23. The van der Waals surface area contributed by atoms with Crippen LogP contribution in [0.15, 0.2) is 72.1 Å². The number of carbonyl (C=O) groups excluding carboxylic acids is 1. The largest absolute Gasteiger partial charge is 0.490 e. The molecule has 1 atom stereocenters. The number of ether oxygens (including phenoxy) is 5. The lowest BCUT2D eigenvalue weighted by Crippen LogP contribution is -2.22. The number of nitriles is 1. The Morgan fingerprint density at radius 1 is 1.02 bits per heavy atom. The van der Waals surface area contributed by atoms with Crippen LogP contribution in [0.2, 0.25) is 0 Å². The Balaban J connectivity index is 1.54. The zero-order chi connectivity index (χ0) is 29.4. The summed E-state index contributed by atoms with van der Waals surface area (Å²) in [4.78, 5) is 22.7. The monoisotopic (exact) mass is 559 g/mol. The number of carbonyl (C=O) groups is 1. The molecular weight excluding hydrogens is 530 g/mol. The Kier molecular flexibility index (Phi) is 9.27. The first-order chi connectivity index (χ1) is 19.8. The maximum Gasteiger partial charge on any atom is 0.349 e. The summed E-state index contributed by atoms with van der Waals surface area (Å²) in [6, 6.07) is 17.8. The number of allylic oxidation sites excluding steroid dienone is 1. The third-order valence-corrected chi connectivity index (χ3v) is 6.18. The maximum absolute atomic E-state index is 12.4.